The molecule has 0 aliphatic rings. The summed E-state index contributed by atoms with van der Waals surface area (Å²) < 4.78 is 1.53. The van der Waals surface area contributed by atoms with E-state index in [1.165, 1.54) is 10.7 Å². The van der Waals surface area contributed by atoms with E-state index < -0.39 is 5.97 Å². The van der Waals surface area contributed by atoms with Crippen LogP contribution in [0.3, 0.4) is 0 Å². The van der Waals surface area contributed by atoms with Gasteiger partial charge in [0.2, 0.25) is 0 Å². The van der Waals surface area contributed by atoms with E-state index in [-0.39, 0.29) is 10.7 Å². The zero-order chi connectivity index (χ0) is 10.3. The predicted molar refractivity (Wildman–Crippen MR) is 50.5 cm³/mol. The zero-order valence-electron chi connectivity index (χ0n) is 7.23. The van der Waals surface area contributed by atoms with Gasteiger partial charge < -0.3 is 5.11 Å². The first-order valence-electron chi connectivity index (χ1n) is 3.81. The maximum atomic E-state index is 10.7. The van der Waals surface area contributed by atoms with Crippen LogP contribution in [0.25, 0.3) is 11.0 Å². The van der Waals surface area contributed by atoms with Gasteiger partial charge in [0.05, 0.1) is 11.8 Å². The van der Waals surface area contributed by atoms with Crippen LogP contribution in [0.1, 0.15) is 10.4 Å². The summed E-state index contributed by atoms with van der Waals surface area (Å²) in [6.45, 7) is 0. The third-order valence-electron chi connectivity index (χ3n) is 1.89. The fourth-order valence-electron chi connectivity index (χ4n) is 1.21. The van der Waals surface area contributed by atoms with Crippen molar-refractivity contribution in [3.8, 4) is 0 Å². The van der Waals surface area contributed by atoms with Crippen molar-refractivity contribution in [2.75, 3.05) is 0 Å². The summed E-state index contributed by atoms with van der Waals surface area (Å²) in [5, 5.41) is 13.4. The molecule has 5 nitrogen and oxygen atoms in total. The van der Waals surface area contributed by atoms with E-state index in [1.807, 2.05) is 0 Å². The highest BCUT2D eigenvalue weighted by Crippen LogP contribution is 2.19. The first-order chi connectivity index (χ1) is 6.59. The van der Waals surface area contributed by atoms with Crippen LogP contribution in [0.2, 0.25) is 5.15 Å². The van der Waals surface area contributed by atoms with E-state index in [2.05, 4.69) is 10.1 Å². The van der Waals surface area contributed by atoms with Crippen molar-refractivity contribution in [2.45, 2.75) is 0 Å². The minimum Gasteiger partial charge on any atom is -0.478 e. The topological polar surface area (TPSA) is 68.0 Å². The van der Waals surface area contributed by atoms with Crippen molar-refractivity contribution in [1.29, 1.82) is 0 Å². The number of pyridine rings is 1. The molecule has 6 heteroatoms. The normalized spacial score (nSPS) is 10.7. The third-order valence-corrected chi connectivity index (χ3v) is 2.18. The van der Waals surface area contributed by atoms with Crippen LogP contribution in [0, 0.1) is 0 Å². The number of hydrogen-bond donors (Lipinski definition) is 1. The number of hydrogen-bond acceptors (Lipinski definition) is 3. The molecule has 14 heavy (non-hydrogen) atoms. The number of carbonyl (C=O) groups is 1. The molecule has 0 spiro atoms. The minimum atomic E-state index is -1.09. The molecule has 0 amide bonds. The molecule has 0 saturated heterocycles. The molecule has 0 aromatic carbocycles. The van der Waals surface area contributed by atoms with E-state index in [0.29, 0.717) is 11.0 Å². The lowest BCUT2D eigenvalue weighted by Gasteiger charge is -1.98. The van der Waals surface area contributed by atoms with E-state index >= 15 is 0 Å². The van der Waals surface area contributed by atoms with Crippen LogP contribution >= 0.6 is 11.6 Å². The second-order valence-corrected chi connectivity index (χ2v) is 3.17. The molecule has 0 aliphatic carbocycles. The van der Waals surface area contributed by atoms with Gasteiger partial charge in [-0.1, -0.05) is 11.6 Å². The first-order valence-corrected chi connectivity index (χ1v) is 4.19. The molecule has 2 aromatic heterocycles. The second-order valence-electron chi connectivity index (χ2n) is 2.81. The van der Waals surface area contributed by atoms with Gasteiger partial charge in [-0.2, -0.15) is 5.10 Å². The fraction of sp³-hybridized carbons (Fsp3) is 0.125. The lowest BCUT2D eigenvalue weighted by atomic mass is 10.2. The van der Waals surface area contributed by atoms with Crippen molar-refractivity contribution in [3.05, 3.63) is 23.0 Å². The van der Waals surface area contributed by atoms with Gasteiger partial charge >= 0.3 is 5.97 Å². The highest BCUT2D eigenvalue weighted by Gasteiger charge is 2.13. The highest BCUT2D eigenvalue weighted by molar-refractivity contribution is 6.32. The van der Waals surface area contributed by atoms with Crippen molar-refractivity contribution in [1.82, 2.24) is 14.8 Å². The van der Waals surface area contributed by atoms with E-state index in [1.54, 1.807) is 13.2 Å². The third kappa shape index (κ3) is 1.22. The van der Waals surface area contributed by atoms with Gasteiger partial charge in [-0.15, -0.1) is 0 Å². The standard InChI is InChI=1S/C8H6ClN3O2/c1-12-7-4(3-10-12)2-5(8(13)14)6(9)11-7/h2-3H,1H3,(H,13,14). The summed E-state index contributed by atoms with van der Waals surface area (Å²) in [6, 6.07) is 1.46. The molecular formula is C8H6ClN3O2. The molecular weight excluding hydrogens is 206 g/mol. The molecule has 1 N–H and O–H groups in total. The maximum absolute atomic E-state index is 10.7. The fourth-order valence-corrected chi connectivity index (χ4v) is 1.42. The Morgan fingerprint density at radius 3 is 3.00 bits per heavy atom. The lowest BCUT2D eigenvalue weighted by molar-refractivity contribution is 0.0697. The van der Waals surface area contributed by atoms with Gasteiger partial charge in [0.25, 0.3) is 0 Å². The minimum absolute atomic E-state index is 0.00725. The van der Waals surface area contributed by atoms with Crippen LogP contribution in [0.5, 0.6) is 0 Å². The van der Waals surface area contributed by atoms with Crippen molar-refractivity contribution >= 4 is 28.6 Å². The number of carboxylic acids is 1. The average Bonchev–Trinajstić information content (AvgIpc) is 2.46. The maximum Gasteiger partial charge on any atom is 0.338 e. The molecule has 0 aliphatic heterocycles. The molecule has 0 fully saturated rings. The number of carboxylic acid groups (broad SMARTS) is 1. The largest absolute Gasteiger partial charge is 0.478 e. The predicted octanol–water partition coefficient (Wildman–Crippen LogP) is 1.32. The summed E-state index contributed by atoms with van der Waals surface area (Å²) >= 11 is 5.69. The van der Waals surface area contributed by atoms with Crippen molar-refractivity contribution < 1.29 is 9.90 Å². The molecule has 2 aromatic rings. The van der Waals surface area contributed by atoms with E-state index in [9.17, 15) is 4.79 Å². The monoisotopic (exact) mass is 211 g/mol. The Morgan fingerprint density at radius 1 is 1.64 bits per heavy atom. The van der Waals surface area contributed by atoms with Gasteiger partial charge in [0, 0.05) is 12.4 Å². The number of aromatic nitrogens is 3. The number of aryl methyl sites for hydroxylation is 1. The first kappa shape index (κ1) is 8.96. The molecule has 2 rings (SSSR count). The number of aromatic carboxylic acids is 1. The van der Waals surface area contributed by atoms with Crippen molar-refractivity contribution in [2.24, 2.45) is 7.05 Å². The number of rotatable bonds is 1. The Bertz CT molecular complexity index is 521. The SMILES string of the molecule is Cn1ncc2cc(C(=O)O)c(Cl)nc21. The Hall–Kier alpha value is -1.62. The molecule has 0 atom stereocenters. The molecule has 0 bridgehead atoms. The van der Waals surface area contributed by atoms with Gasteiger partial charge in [0.1, 0.15) is 5.15 Å². The Morgan fingerprint density at radius 2 is 2.36 bits per heavy atom. The highest BCUT2D eigenvalue weighted by atomic mass is 35.5. The Kier molecular flexibility index (Phi) is 1.89. The van der Waals surface area contributed by atoms with Crippen LogP contribution in [-0.4, -0.2) is 25.8 Å². The van der Waals surface area contributed by atoms with Gasteiger partial charge in [-0.05, 0) is 6.07 Å². The van der Waals surface area contributed by atoms with Crippen LogP contribution in [0.15, 0.2) is 12.3 Å². The van der Waals surface area contributed by atoms with E-state index in [0.717, 1.165) is 0 Å². The Labute approximate surface area is 83.9 Å². The molecule has 72 valence electrons. The molecule has 0 unspecified atom stereocenters. The van der Waals surface area contributed by atoms with Crippen LogP contribution in [0.4, 0.5) is 0 Å². The molecule has 0 radical (unpaired) electrons. The number of halogens is 1. The van der Waals surface area contributed by atoms with Crippen LogP contribution in [-0.2, 0) is 7.05 Å². The van der Waals surface area contributed by atoms with Gasteiger partial charge in [-0.25, -0.2) is 9.78 Å². The molecule has 0 saturated carbocycles. The zero-order valence-corrected chi connectivity index (χ0v) is 7.99. The second kappa shape index (κ2) is 2.95. The quantitative estimate of drug-likeness (QED) is 0.723. The number of fused-ring (bicyclic) bond motifs is 1. The lowest BCUT2D eigenvalue weighted by Crippen LogP contribution is -2.00. The summed E-state index contributed by atoms with van der Waals surface area (Å²) in [5.74, 6) is -1.09. The van der Waals surface area contributed by atoms with Gasteiger partial charge in [-0.3, -0.25) is 4.68 Å². The smallest absolute Gasteiger partial charge is 0.338 e. The average molecular weight is 212 g/mol. The van der Waals surface area contributed by atoms with Gasteiger partial charge in [0.15, 0.2) is 5.65 Å². The number of nitrogens with zero attached hydrogens (tertiary/aromatic N) is 3. The summed E-state index contributed by atoms with van der Waals surface area (Å²) in [7, 11) is 1.71. The van der Waals surface area contributed by atoms with E-state index in [4.69, 9.17) is 16.7 Å². The summed E-state index contributed by atoms with van der Waals surface area (Å²) in [6.07, 6.45) is 1.55. The Balaban J connectivity index is 2.79. The summed E-state index contributed by atoms with van der Waals surface area (Å²) in [5.41, 5.74) is 0.562. The summed E-state index contributed by atoms with van der Waals surface area (Å²) in [4.78, 5) is 14.7. The van der Waals surface area contributed by atoms with Crippen molar-refractivity contribution in [3.63, 3.8) is 0 Å². The molecule has 2 heterocycles. The van der Waals surface area contributed by atoms with Crippen LogP contribution < -0.4 is 0 Å².